The second-order valence-electron chi connectivity index (χ2n) is 3.75. The number of rotatable bonds is 4. The van der Waals surface area contributed by atoms with E-state index >= 15 is 0 Å². The number of hydrogen-bond acceptors (Lipinski definition) is 3. The Balaban J connectivity index is 2.00. The molecule has 2 aromatic rings. The number of carbonyl (C=O) groups excluding carboxylic acids is 1. The summed E-state index contributed by atoms with van der Waals surface area (Å²) >= 11 is 12.7. The third-order valence-electron chi connectivity index (χ3n) is 2.19. The first-order valence-electron chi connectivity index (χ1n) is 5.32. The summed E-state index contributed by atoms with van der Waals surface area (Å²) in [6.07, 6.45) is 0.121. The summed E-state index contributed by atoms with van der Waals surface area (Å²) < 4.78 is 13.1. The minimum atomic E-state index is -0.499. The van der Waals surface area contributed by atoms with E-state index in [4.69, 9.17) is 23.2 Å². The van der Waals surface area contributed by atoms with E-state index in [1.54, 1.807) is 5.38 Å². The summed E-state index contributed by atoms with van der Waals surface area (Å²) in [6, 6.07) is 3.86. The summed E-state index contributed by atoms with van der Waals surface area (Å²) in [4.78, 5) is 15.9. The molecule has 1 N–H and O–H groups in total. The largest absolute Gasteiger partial charge is 0.326 e. The lowest BCUT2D eigenvalue weighted by Crippen LogP contribution is -2.14. The molecule has 100 valence electrons. The van der Waals surface area contributed by atoms with E-state index in [0.29, 0.717) is 16.6 Å². The van der Waals surface area contributed by atoms with Gasteiger partial charge in [0.1, 0.15) is 10.8 Å². The van der Waals surface area contributed by atoms with Crippen LogP contribution in [0.2, 0.25) is 5.02 Å². The van der Waals surface area contributed by atoms with Gasteiger partial charge in [0, 0.05) is 16.1 Å². The van der Waals surface area contributed by atoms with Crippen molar-refractivity contribution in [3.8, 4) is 0 Å². The van der Waals surface area contributed by atoms with E-state index in [2.05, 4.69) is 10.3 Å². The van der Waals surface area contributed by atoms with Crippen molar-refractivity contribution in [2.24, 2.45) is 0 Å². The molecular formula is C12H9Cl2FN2OS. The SMILES string of the molecule is O=C(Cc1nc(CCl)cs1)Nc1cc(F)cc(Cl)c1. The third kappa shape index (κ3) is 4.16. The van der Waals surface area contributed by atoms with Crippen LogP contribution < -0.4 is 5.32 Å². The molecule has 0 spiro atoms. The van der Waals surface area contributed by atoms with Crippen LogP contribution in [-0.4, -0.2) is 10.9 Å². The lowest BCUT2D eigenvalue weighted by Gasteiger charge is -2.04. The Morgan fingerprint density at radius 1 is 1.42 bits per heavy atom. The van der Waals surface area contributed by atoms with E-state index < -0.39 is 5.82 Å². The Morgan fingerprint density at radius 2 is 2.21 bits per heavy atom. The van der Waals surface area contributed by atoms with Crippen molar-refractivity contribution in [2.75, 3.05) is 5.32 Å². The molecule has 1 aromatic carbocycles. The van der Waals surface area contributed by atoms with E-state index in [-0.39, 0.29) is 17.4 Å². The Kier molecular flexibility index (Phi) is 4.74. The zero-order valence-electron chi connectivity index (χ0n) is 9.62. The summed E-state index contributed by atoms with van der Waals surface area (Å²) in [6.45, 7) is 0. The average Bonchev–Trinajstić information content (AvgIpc) is 2.74. The fourth-order valence-electron chi connectivity index (χ4n) is 1.46. The van der Waals surface area contributed by atoms with E-state index in [1.807, 2.05) is 0 Å². The zero-order valence-corrected chi connectivity index (χ0v) is 11.9. The molecular weight excluding hydrogens is 310 g/mol. The number of carbonyl (C=O) groups is 1. The normalized spacial score (nSPS) is 10.5. The van der Waals surface area contributed by atoms with Crippen molar-refractivity contribution in [3.05, 3.63) is 45.1 Å². The molecule has 0 saturated heterocycles. The van der Waals surface area contributed by atoms with Gasteiger partial charge in [-0.3, -0.25) is 4.79 Å². The van der Waals surface area contributed by atoms with Crippen LogP contribution in [0.4, 0.5) is 10.1 Å². The van der Waals surface area contributed by atoms with Gasteiger partial charge in [-0.25, -0.2) is 9.37 Å². The van der Waals surface area contributed by atoms with Crippen LogP contribution in [0.25, 0.3) is 0 Å². The highest BCUT2D eigenvalue weighted by molar-refractivity contribution is 7.09. The lowest BCUT2D eigenvalue weighted by atomic mass is 10.3. The number of anilines is 1. The van der Waals surface area contributed by atoms with Crippen molar-refractivity contribution < 1.29 is 9.18 Å². The number of amides is 1. The van der Waals surface area contributed by atoms with Crippen LogP contribution in [-0.2, 0) is 17.1 Å². The number of thiazole rings is 1. The average molecular weight is 319 g/mol. The van der Waals surface area contributed by atoms with Gasteiger partial charge in [-0.05, 0) is 18.2 Å². The maximum atomic E-state index is 13.1. The predicted octanol–water partition coefficient (Wildman–Crippen LogP) is 3.86. The molecule has 0 unspecified atom stereocenters. The number of nitrogens with one attached hydrogen (secondary N) is 1. The Bertz CT molecular complexity index is 583. The standard InChI is InChI=1S/C12H9Cl2FN2OS/c13-5-10-6-19-12(17-10)4-11(18)16-9-2-7(14)1-8(15)3-9/h1-3,6H,4-5H2,(H,16,18). The number of halogens is 3. The smallest absolute Gasteiger partial charge is 0.231 e. The van der Waals surface area contributed by atoms with Gasteiger partial charge in [0.15, 0.2) is 0 Å². The third-order valence-corrected chi connectivity index (χ3v) is 3.58. The van der Waals surface area contributed by atoms with E-state index in [0.717, 1.165) is 5.69 Å². The van der Waals surface area contributed by atoms with Crippen LogP contribution in [0, 0.1) is 5.82 Å². The molecule has 0 aliphatic rings. The van der Waals surface area contributed by atoms with E-state index in [9.17, 15) is 9.18 Å². The van der Waals surface area contributed by atoms with Gasteiger partial charge in [-0.2, -0.15) is 0 Å². The van der Waals surface area contributed by atoms with Gasteiger partial charge >= 0.3 is 0 Å². The van der Waals surface area contributed by atoms with Crippen LogP contribution in [0.5, 0.6) is 0 Å². The Morgan fingerprint density at radius 3 is 2.84 bits per heavy atom. The molecule has 1 aromatic heterocycles. The van der Waals surface area contributed by atoms with Gasteiger partial charge in [0.05, 0.1) is 18.0 Å². The minimum absolute atomic E-state index is 0.121. The van der Waals surface area contributed by atoms with Crippen molar-refractivity contribution in [2.45, 2.75) is 12.3 Å². The van der Waals surface area contributed by atoms with Gasteiger partial charge in [-0.1, -0.05) is 11.6 Å². The molecule has 1 amide bonds. The van der Waals surface area contributed by atoms with Crippen molar-refractivity contribution >= 4 is 46.1 Å². The van der Waals surface area contributed by atoms with Crippen molar-refractivity contribution in [1.82, 2.24) is 4.98 Å². The molecule has 1 heterocycles. The second kappa shape index (κ2) is 6.32. The molecule has 0 saturated carbocycles. The summed E-state index contributed by atoms with van der Waals surface area (Å²) in [5.74, 6) is -0.462. The fraction of sp³-hybridized carbons (Fsp3) is 0.167. The molecule has 7 heteroatoms. The monoisotopic (exact) mass is 318 g/mol. The molecule has 19 heavy (non-hydrogen) atoms. The quantitative estimate of drug-likeness (QED) is 0.870. The molecule has 0 bridgehead atoms. The second-order valence-corrected chi connectivity index (χ2v) is 5.40. The van der Waals surface area contributed by atoms with Gasteiger partial charge in [0.2, 0.25) is 5.91 Å². The molecule has 0 aliphatic carbocycles. The van der Waals surface area contributed by atoms with Gasteiger partial charge < -0.3 is 5.32 Å². The molecule has 2 rings (SSSR count). The molecule has 0 aliphatic heterocycles. The number of aromatic nitrogens is 1. The fourth-order valence-corrected chi connectivity index (χ4v) is 2.70. The number of nitrogens with zero attached hydrogens (tertiary/aromatic N) is 1. The van der Waals surface area contributed by atoms with Crippen LogP contribution in [0.1, 0.15) is 10.7 Å². The number of benzene rings is 1. The molecule has 0 fully saturated rings. The Labute approximate surface area is 123 Å². The maximum Gasteiger partial charge on any atom is 0.231 e. The first-order valence-corrected chi connectivity index (χ1v) is 7.11. The zero-order chi connectivity index (χ0) is 13.8. The predicted molar refractivity (Wildman–Crippen MR) is 75.4 cm³/mol. The van der Waals surface area contributed by atoms with Gasteiger partial charge in [0.25, 0.3) is 0 Å². The maximum absolute atomic E-state index is 13.1. The first kappa shape index (κ1) is 14.2. The minimum Gasteiger partial charge on any atom is -0.326 e. The summed E-state index contributed by atoms with van der Waals surface area (Å²) in [7, 11) is 0. The van der Waals surface area contributed by atoms with Crippen LogP contribution >= 0.6 is 34.5 Å². The van der Waals surface area contributed by atoms with Crippen molar-refractivity contribution in [1.29, 1.82) is 0 Å². The topological polar surface area (TPSA) is 42.0 Å². The van der Waals surface area contributed by atoms with Gasteiger partial charge in [-0.15, -0.1) is 22.9 Å². The highest BCUT2D eigenvalue weighted by Crippen LogP contribution is 2.19. The lowest BCUT2D eigenvalue weighted by molar-refractivity contribution is -0.115. The summed E-state index contributed by atoms with van der Waals surface area (Å²) in [5, 5.41) is 5.26. The first-order chi connectivity index (χ1) is 9.06. The molecule has 0 atom stereocenters. The van der Waals surface area contributed by atoms with Crippen LogP contribution in [0.3, 0.4) is 0 Å². The number of alkyl halides is 1. The Hall–Kier alpha value is -1.17. The van der Waals surface area contributed by atoms with E-state index in [1.165, 1.54) is 29.5 Å². The number of hydrogen-bond donors (Lipinski definition) is 1. The molecule has 0 radical (unpaired) electrons. The van der Waals surface area contributed by atoms with Crippen molar-refractivity contribution in [3.63, 3.8) is 0 Å². The highest BCUT2D eigenvalue weighted by atomic mass is 35.5. The summed E-state index contributed by atoms with van der Waals surface area (Å²) in [5.41, 5.74) is 1.06. The van der Waals surface area contributed by atoms with Crippen LogP contribution in [0.15, 0.2) is 23.6 Å². The molecule has 3 nitrogen and oxygen atoms in total. The highest BCUT2D eigenvalue weighted by Gasteiger charge is 2.09.